The van der Waals surface area contributed by atoms with Crippen LogP contribution in [-0.4, -0.2) is 16.0 Å². The van der Waals surface area contributed by atoms with Gasteiger partial charge in [0.2, 0.25) is 0 Å². The highest BCUT2D eigenvalue weighted by molar-refractivity contribution is 4.95. The van der Waals surface area contributed by atoms with Gasteiger partial charge < -0.3 is 10.7 Å². The Hall–Kier alpha value is -0.830. The van der Waals surface area contributed by atoms with Crippen molar-refractivity contribution in [2.24, 2.45) is 5.72 Å². The summed E-state index contributed by atoms with van der Waals surface area (Å²) in [6.07, 6.45) is 3.40. The number of nitrogens with two attached hydrogens (primary N) is 1. The van der Waals surface area contributed by atoms with Crippen LogP contribution in [0.4, 0.5) is 0 Å². The highest BCUT2D eigenvalue weighted by Gasteiger charge is 1.96. The molecule has 9 heavy (non-hydrogen) atoms. The van der Waals surface area contributed by atoms with Crippen LogP contribution >= 0.6 is 0 Å². The highest BCUT2D eigenvalue weighted by Crippen LogP contribution is 1.93. The van der Waals surface area contributed by atoms with Crippen LogP contribution in [0.2, 0.25) is 2.82 Å². The molecule has 3 heteroatoms. The third-order valence-electron chi connectivity index (χ3n) is 1.00. The fourth-order valence-corrected chi connectivity index (χ4v) is 0.657. The van der Waals surface area contributed by atoms with Crippen LogP contribution in [0.3, 0.4) is 0 Å². The minimum atomic E-state index is -1.23. The maximum atomic E-state index is 7.56. The van der Waals surface area contributed by atoms with Crippen molar-refractivity contribution in [3.63, 3.8) is 0 Å². The first-order chi connectivity index (χ1) is 5.52. The molecule has 0 saturated heterocycles. The van der Waals surface area contributed by atoms with E-state index in [9.17, 15) is 0 Å². The van der Waals surface area contributed by atoms with Gasteiger partial charge in [0.1, 0.15) is 2.82 Å². The zero-order valence-corrected chi connectivity index (χ0v) is 5.26. The zero-order chi connectivity index (χ0) is 9.19. The Bertz CT molecular complexity index is 232. The molecule has 1 heterocycles. The van der Waals surface area contributed by atoms with E-state index in [2.05, 4.69) is 9.97 Å². The van der Waals surface area contributed by atoms with Gasteiger partial charge >= 0.3 is 0 Å². The summed E-state index contributed by atoms with van der Waals surface area (Å²) in [5.41, 5.74) is 1.14. The summed E-state index contributed by atoms with van der Waals surface area (Å²) in [6.45, 7) is 1.51. The van der Waals surface area contributed by atoms with Crippen molar-refractivity contribution in [1.82, 2.24) is 9.97 Å². The topological polar surface area (TPSA) is 54.7 Å². The molecule has 0 radical (unpaired) electrons. The SMILES string of the molecule is [2H]N([2H])C([2H])(C)Cc1cnc[nH]1. The van der Waals surface area contributed by atoms with Crippen molar-refractivity contribution in [3.8, 4) is 0 Å². The monoisotopic (exact) mass is 128 g/mol. The summed E-state index contributed by atoms with van der Waals surface area (Å²) in [5.74, 6) is 0. The lowest BCUT2D eigenvalue weighted by Gasteiger charge is -1.99. The first-order valence-electron chi connectivity index (χ1n) is 4.17. The molecule has 1 rings (SSSR count). The summed E-state index contributed by atoms with van der Waals surface area (Å²) in [4.78, 5) is 6.61. The number of rotatable bonds is 3. The third-order valence-corrected chi connectivity index (χ3v) is 1.00. The third kappa shape index (κ3) is 1.85. The van der Waals surface area contributed by atoms with Crippen LogP contribution in [0, 0.1) is 0 Å². The van der Waals surface area contributed by atoms with Crippen LogP contribution in [0.1, 0.15) is 14.0 Å². The second-order valence-electron chi connectivity index (χ2n) is 1.99. The van der Waals surface area contributed by atoms with Gasteiger partial charge in [0, 0.05) is 25.7 Å². The number of imidazole rings is 1. The maximum absolute atomic E-state index is 7.56. The smallest absolute Gasteiger partial charge is 0.119 e. The Morgan fingerprint density at radius 1 is 2.22 bits per heavy atom. The lowest BCUT2D eigenvalue weighted by Crippen LogP contribution is -2.17. The van der Waals surface area contributed by atoms with E-state index in [1.165, 1.54) is 13.3 Å². The average molecular weight is 128 g/mol. The van der Waals surface area contributed by atoms with Gasteiger partial charge in [-0.05, 0) is 6.92 Å². The second-order valence-corrected chi connectivity index (χ2v) is 1.99. The first kappa shape index (κ1) is 3.37. The summed E-state index contributed by atoms with van der Waals surface area (Å²) in [6, 6.07) is -1.23. The highest BCUT2D eigenvalue weighted by atomic mass is 14.9. The predicted octanol–water partition coefficient (Wildman–Crippen LogP) is 0.299. The van der Waals surface area contributed by atoms with Crippen molar-refractivity contribution in [1.29, 1.82) is 0 Å². The average Bonchev–Trinajstić information content (AvgIpc) is 2.38. The lowest BCUT2D eigenvalue weighted by molar-refractivity contribution is 0.725. The Morgan fingerprint density at radius 3 is 3.67 bits per heavy atom. The molecule has 0 aliphatic heterocycles. The Morgan fingerprint density at radius 2 is 3.11 bits per heavy atom. The molecule has 0 saturated carbocycles. The van der Waals surface area contributed by atoms with Gasteiger partial charge in [-0.15, -0.1) is 0 Å². The molecule has 0 amide bonds. The van der Waals surface area contributed by atoms with Crippen molar-refractivity contribution < 1.29 is 4.19 Å². The molecule has 1 aromatic heterocycles. The molecule has 1 unspecified atom stereocenters. The molecule has 3 N–H and O–H groups in total. The molecule has 0 aromatic carbocycles. The van der Waals surface area contributed by atoms with E-state index in [1.807, 2.05) is 0 Å². The van der Waals surface area contributed by atoms with Gasteiger partial charge in [-0.2, -0.15) is 0 Å². The normalized spacial score (nSPS) is 22.2. The number of H-pyrrole nitrogens is 1. The molecule has 0 aliphatic rings. The van der Waals surface area contributed by atoms with E-state index < -0.39 is 6.02 Å². The Labute approximate surface area is 58.6 Å². The summed E-state index contributed by atoms with van der Waals surface area (Å²) < 4.78 is 21.5. The molecule has 3 nitrogen and oxygen atoms in total. The molecule has 1 atom stereocenters. The van der Waals surface area contributed by atoms with Crippen molar-refractivity contribution in [3.05, 3.63) is 18.2 Å². The van der Waals surface area contributed by atoms with E-state index in [0.717, 1.165) is 5.69 Å². The number of aromatic nitrogens is 2. The van der Waals surface area contributed by atoms with Gasteiger partial charge in [0.05, 0.1) is 6.33 Å². The van der Waals surface area contributed by atoms with Crippen LogP contribution in [0.5, 0.6) is 0 Å². The van der Waals surface area contributed by atoms with Crippen LogP contribution < -0.4 is 5.72 Å². The predicted molar refractivity (Wildman–Crippen MR) is 35.9 cm³/mol. The molecular weight excluding hydrogens is 114 g/mol. The number of nitrogens with zero attached hydrogens (tertiary/aromatic N) is 1. The van der Waals surface area contributed by atoms with E-state index in [4.69, 9.17) is 4.19 Å². The molecule has 50 valence electrons. The van der Waals surface area contributed by atoms with Gasteiger partial charge in [0.25, 0.3) is 0 Å². The molecular formula is C6H11N3. The summed E-state index contributed by atoms with van der Waals surface area (Å²) in [7, 11) is 0. The summed E-state index contributed by atoms with van der Waals surface area (Å²) >= 11 is 0. The molecule has 0 bridgehead atoms. The van der Waals surface area contributed by atoms with Gasteiger partial charge in [-0.1, -0.05) is 0 Å². The molecule has 0 spiro atoms. The number of hydrogen-bond donors (Lipinski definition) is 2. The number of hydrogen-bond acceptors (Lipinski definition) is 2. The van der Waals surface area contributed by atoms with E-state index in [-0.39, 0.29) is 0 Å². The largest absolute Gasteiger partial charge is 0.348 e. The fraction of sp³-hybridized carbons (Fsp3) is 0.500. The van der Waals surface area contributed by atoms with Crippen LogP contribution in [0.25, 0.3) is 0 Å². The standard InChI is InChI=1S/C6H11N3/c1-5(7)2-6-3-8-4-9-6/h3-5H,2,7H2,1H3,(H,8,9)/i5D/hD2. The first-order valence-corrected chi connectivity index (χ1v) is 2.77. The van der Waals surface area contributed by atoms with E-state index in [1.54, 1.807) is 6.20 Å². The van der Waals surface area contributed by atoms with Crippen LogP contribution in [0.15, 0.2) is 12.5 Å². The number of nitrogens with one attached hydrogen (secondary N) is 1. The minimum absolute atomic E-state index is 0.292. The maximum Gasteiger partial charge on any atom is 0.119 e. The number of aromatic amines is 1. The van der Waals surface area contributed by atoms with E-state index in [0.29, 0.717) is 12.1 Å². The summed E-state index contributed by atoms with van der Waals surface area (Å²) in [5, 5.41) is 0. The lowest BCUT2D eigenvalue weighted by atomic mass is 10.2. The Balaban J connectivity index is 2.62. The van der Waals surface area contributed by atoms with Crippen molar-refractivity contribution >= 4 is 0 Å². The van der Waals surface area contributed by atoms with Gasteiger partial charge in [0.15, 0.2) is 0 Å². The van der Waals surface area contributed by atoms with Gasteiger partial charge in [-0.25, -0.2) is 4.98 Å². The van der Waals surface area contributed by atoms with Gasteiger partial charge in [-0.3, -0.25) is 0 Å². The Kier molecular flexibility index (Phi) is 0.987. The van der Waals surface area contributed by atoms with E-state index >= 15 is 0 Å². The zero-order valence-electron chi connectivity index (χ0n) is 8.26. The van der Waals surface area contributed by atoms with Crippen molar-refractivity contribution in [2.45, 2.75) is 19.4 Å². The second kappa shape index (κ2) is 2.64. The molecule has 0 aliphatic carbocycles. The van der Waals surface area contributed by atoms with Crippen molar-refractivity contribution in [2.75, 3.05) is 0 Å². The fourth-order valence-electron chi connectivity index (χ4n) is 0.657. The minimum Gasteiger partial charge on any atom is -0.348 e. The quantitative estimate of drug-likeness (QED) is 0.615. The molecule has 1 aromatic rings. The molecule has 0 fully saturated rings. The van der Waals surface area contributed by atoms with Crippen LogP contribution in [-0.2, 0) is 6.42 Å².